The molecular formula is C21H20F2N4O2. The van der Waals surface area contributed by atoms with E-state index in [-0.39, 0.29) is 11.9 Å². The predicted molar refractivity (Wildman–Crippen MR) is 107 cm³/mol. The van der Waals surface area contributed by atoms with Gasteiger partial charge in [0, 0.05) is 41.3 Å². The Morgan fingerprint density at radius 3 is 2.79 bits per heavy atom. The molecular weight excluding hydrogens is 378 g/mol. The molecule has 1 aliphatic heterocycles. The number of carbonyl (C=O) groups excluding carboxylic acids is 1. The molecule has 29 heavy (non-hydrogen) atoms. The standard InChI is InChI=1S/C21H20F2N4O2/c1-13-19(16-4-2-3-5-17(16)25-13)14-8-10-27(11-9-14)21(28)26-15-6-7-18(24-12-15)29-20(22)23/h2-8,12,20,25H,9-11H2,1H3,(H,26,28). The number of hydrogen-bond acceptors (Lipinski definition) is 3. The Kier molecular flexibility index (Phi) is 5.16. The molecule has 6 nitrogen and oxygen atoms in total. The molecule has 0 radical (unpaired) electrons. The van der Waals surface area contributed by atoms with Crippen molar-refractivity contribution in [3.63, 3.8) is 0 Å². The van der Waals surface area contributed by atoms with Gasteiger partial charge in [-0.15, -0.1) is 0 Å². The minimum absolute atomic E-state index is 0.197. The van der Waals surface area contributed by atoms with Gasteiger partial charge in [-0.3, -0.25) is 0 Å². The average molecular weight is 398 g/mol. The van der Waals surface area contributed by atoms with Crippen LogP contribution in [0.4, 0.5) is 19.3 Å². The minimum Gasteiger partial charge on any atom is -0.417 e. The van der Waals surface area contributed by atoms with Gasteiger partial charge in [-0.25, -0.2) is 9.78 Å². The highest BCUT2D eigenvalue weighted by Crippen LogP contribution is 2.32. The van der Waals surface area contributed by atoms with Gasteiger partial charge in [0.15, 0.2) is 0 Å². The Labute approximate surface area is 166 Å². The molecule has 1 aliphatic rings. The highest BCUT2D eigenvalue weighted by molar-refractivity contribution is 5.95. The monoisotopic (exact) mass is 398 g/mol. The number of fused-ring (bicyclic) bond motifs is 1. The molecule has 0 aliphatic carbocycles. The summed E-state index contributed by atoms with van der Waals surface area (Å²) in [5.41, 5.74) is 5.07. The number of nitrogens with zero attached hydrogens (tertiary/aromatic N) is 2. The van der Waals surface area contributed by atoms with Crippen LogP contribution >= 0.6 is 0 Å². The number of rotatable bonds is 4. The van der Waals surface area contributed by atoms with Gasteiger partial charge in [-0.2, -0.15) is 8.78 Å². The van der Waals surface area contributed by atoms with Crippen molar-refractivity contribution in [2.45, 2.75) is 20.0 Å². The van der Waals surface area contributed by atoms with E-state index in [9.17, 15) is 13.6 Å². The number of amides is 2. The van der Waals surface area contributed by atoms with Gasteiger partial charge in [0.25, 0.3) is 0 Å². The number of halogens is 2. The maximum atomic E-state index is 12.5. The number of aromatic amines is 1. The lowest BCUT2D eigenvalue weighted by atomic mass is 9.97. The normalized spacial score (nSPS) is 14.2. The third-order valence-corrected chi connectivity index (χ3v) is 4.91. The molecule has 0 spiro atoms. The SMILES string of the molecule is Cc1[nH]c2ccccc2c1C1=CCN(C(=O)Nc2ccc(OC(F)F)nc2)CC1. The molecule has 2 aromatic heterocycles. The largest absolute Gasteiger partial charge is 0.417 e. The zero-order chi connectivity index (χ0) is 20.4. The van der Waals surface area contributed by atoms with E-state index in [4.69, 9.17) is 0 Å². The number of urea groups is 1. The summed E-state index contributed by atoms with van der Waals surface area (Å²) in [6.07, 6.45) is 4.11. The van der Waals surface area contributed by atoms with Crippen molar-refractivity contribution in [1.82, 2.24) is 14.9 Å². The van der Waals surface area contributed by atoms with Crippen LogP contribution in [0.3, 0.4) is 0 Å². The van der Waals surface area contributed by atoms with Crippen LogP contribution in [0, 0.1) is 6.92 Å². The first kappa shape index (κ1) is 18.9. The van der Waals surface area contributed by atoms with Crippen LogP contribution in [-0.4, -0.2) is 40.6 Å². The van der Waals surface area contributed by atoms with Crippen LogP contribution in [0.5, 0.6) is 5.88 Å². The first-order chi connectivity index (χ1) is 14.0. The van der Waals surface area contributed by atoms with E-state index in [0.717, 1.165) is 17.6 Å². The Balaban J connectivity index is 1.42. The topological polar surface area (TPSA) is 70.2 Å². The number of nitrogens with one attached hydrogen (secondary N) is 2. The molecule has 0 atom stereocenters. The maximum Gasteiger partial charge on any atom is 0.388 e. The lowest BCUT2D eigenvalue weighted by Gasteiger charge is -2.27. The molecule has 1 aromatic carbocycles. The van der Waals surface area contributed by atoms with Gasteiger partial charge >= 0.3 is 12.6 Å². The molecule has 0 fully saturated rings. The molecule has 2 amide bonds. The maximum absolute atomic E-state index is 12.5. The predicted octanol–water partition coefficient (Wildman–Crippen LogP) is 4.79. The Bertz CT molecular complexity index is 1060. The Morgan fingerprint density at radius 1 is 1.28 bits per heavy atom. The number of anilines is 1. The second kappa shape index (κ2) is 7.90. The Hall–Kier alpha value is -3.42. The summed E-state index contributed by atoms with van der Waals surface area (Å²) in [7, 11) is 0. The number of para-hydroxylation sites is 1. The molecule has 0 unspecified atom stereocenters. The number of carbonyl (C=O) groups is 1. The first-order valence-electron chi connectivity index (χ1n) is 9.25. The summed E-state index contributed by atoms with van der Waals surface area (Å²) in [6.45, 7) is 0.193. The highest BCUT2D eigenvalue weighted by Gasteiger charge is 2.21. The van der Waals surface area contributed by atoms with E-state index in [1.165, 1.54) is 34.9 Å². The summed E-state index contributed by atoms with van der Waals surface area (Å²) in [6, 6.07) is 10.7. The van der Waals surface area contributed by atoms with E-state index in [1.54, 1.807) is 4.90 Å². The summed E-state index contributed by atoms with van der Waals surface area (Å²) >= 11 is 0. The van der Waals surface area contributed by atoms with Gasteiger partial charge in [0.05, 0.1) is 11.9 Å². The average Bonchev–Trinajstić information content (AvgIpc) is 3.05. The van der Waals surface area contributed by atoms with Crippen molar-refractivity contribution in [1.29, 1.82) is 0 Å². The van der Waals surface area contributed by atoms with Crippen LogP contribution < -0.4 is 10.1 Å². The van der Waals surface area contributed by atoms with Gasteiger partial charge in [0.2, 0.25) is 5.88 Å². The van der Waals surface area contributed by atoms with Crippen molar-refractivity contribution in [3.05, 3.63) is 59.9 Å². The van der Waals surface area contributed by atoms with Crippen molar-refractivity contribution in [3.8, 4) is 5.88 Å². The summed E-state index contributed by atoms with van der Waals surface area (Å²) in [5.74, 6) is -0.197. The molecule has 150 valence electrons. The molecule has 2 N–H and O–H groups in total. The van der Waals surface area contributed by atoms with E-state index in [0.29, 0.717) is 18.8 Å². The number of ether oxygens (including phenoxy) is 1. The fourth-order valence-corrected chi connectivity index (χ4v) is 3.59. The number of H-pyrrole nitrogens is 1. The summed E-state index contributed by atoms with van der Waals surface area (Å²) in [5, 5.41) is 3.92. The molecule has 0 saturated heterocycles. The Morgan fingerprint density at radius 2 is 2.10 bits per heavy atom. The zero-order valence-corrected chi connectivity index (χ0v) is 15.8. The summed E-state index contributed by atoms with van der Waals surface area (Å²) in [4.78, 5) is 21.4. The quantitative estimate of drug-likeness (QED) is 0.664. The van der Waals surface area contributed by atoms with Crippen LogP contribution in [0.1, 0.15) is 17.7 Å². The first-order valence-corrected chi connectivity index (χ1v) is 9.25. The van der Waals surface area contributed by atoms with Crippen LogP contribution in [0.2, 0.25) is 0 Å². The molecule has 0 saturated carbocycles. The molecule has 3 heterocycles. The number of alkyl halides is 2. The van der Waals surface area contributed by atoms with E-state index < -0.39 is 6.61 Å². The van der Waals surface area contributed by atoms with E-state index >= 15 is 0 Å². The number of benzene rings is 1. The van der Waals surface area contributed by atoms with Crippen molar-refractivity contribution in [2.75, 3.05) is 18.4 Å². The fraction of sp³-hybridized carbons (Fsp3) is 0.238. The minimum atomic E-state index is -2.93. The second-order valence-corrected chi connectivity index (χ2v) is 6.79. The van der Waals surface area contributed by atoms with E-state index in [2.05, 4.69) is 45.2 Å². The van der Waals surface area contributed by atoms with Gasteiger partial charge in [-0.1, -0.05) is 24.3 Å². The number of pyridine rings is 1. The molecule has 8 heteroatoms. The summed E-state index contributed by atoms with van der Waals surface area (Å²) < 4.78 is 28.5. The highest BCUT2D eigenvalue weighted by atomic mass is 19.3. The van der Waals surface area contributed by atoms with Crippen molar-refractivity contribution < 1.29 is 18.3 Å². The number of aryl methyl sites for hydroxylation is 1. The number of hydrogen-bond donors (Lipinski definition) is 2. The third kappa shape index (κ3) is 4.06. The lowest BCUT2D eigenvalue weighted by molar-refractivity contribution is -0.0528. The fourth-order valence-electron chi connectivity index (χ4n) is 3.59. The van der Waals surface area contributed by atoms with Crippen LogP contribution in [-0.2, 0) is 0 Å². The zero-order valence-electron chi connectivity index (χ0n) is 15.8. The molecule has 3 aromatic rings. The van der Waals surface area contributed by atoms with Crippen LogP contribution in [0.15, 0.2) is 48.7 Å². The number of aromatic nitrogens is 2. The molecule has 0 bridgehead atoms. The lowest BCUT2D eigenvalue weighted by Crippen LogP contribution is -2.37. The van der Waals surface area contributed by atoms with Crippen molar-refractivity contribution in [2.24, 2.45) is 0 Å². The van der Waals surface area contributed by atoms with Gasteiger partial charge < -0.3 is 19.9 Å². The van der Waals surface area contributed by atoms with Gasteiger partial charge in [-0.05, 0) is 31.1 Å². The molecule has 4 rings (SSSR count). The van der Waals surface area contributed by atoms with E-state index in [1.807, 2.05) is 12.1 Å². The second-order valence-electron chi connectivity index (χ2n) is 6.79. The van der Waals surface area contributed by atoms with Gasteiger partial charge in [0.1, 0.15) is 0 Å². The smallest absolute Gasteiger partial charge is 0.388 e. The van der Waals surface area contributed by atoms with Crippen LogP contribution in [0.25, 0.3) is 16.5 Å². The van der Waals surface area contributed by atoms with Crippen molar-refractivity contribution >= 4 is 28.2 Å². The third-order valence-electron chi connectivity index (χ3n) is 4.91.